The maximum Gasteiger partial charge on any atom is 0.196 e. The van der Waals surface area contributed by atoms with Crippen LogP contribution in [0.1, 0.15) is 27.0 Å². The van der Waals surface area contributed by atoms with Gasteiger partial charge < -0.3 is 10.6 Å². The molecule has 0 spiro atoms. The van der Waals surface area contributed by atoms with Crippen LogP contribution in [0.15, 0.2) is 43.0 Å². The summed E-state index contributed by atoms with van der Waals surface area (Å²) in [6, 6.07) is 11.5. The van der Waals surface area contributed by atoms with E-state index in [0.29, 0.717) is 5.56 Å². The molecular formula is C17H16N2O. The molecule has 3 nitrogen and oxygen atoms in total. The second-order valence-corrected chi connectivity index (χ2v) is 4.76. The highest BCUT2D eigenvalue weighted by Crippen LogP contribution is 2.41. The Labute approximate surface area is 118 Å². The molecule has 0 saturated carbocycles. The first-order valence-electron chi connectivity index (χ1n) is 6.55. The fourth-order valence-corrected chi connectivity index (χ4v) is 2.78. The van der Waals surface area contributed by atoms with E-state index in [2.05, 4.69) is 17.2 Å². The van der Waals surface area contributed by atoms with Gasteiger partial charge in [-0.2, -0.15) is 0 Å². The van der Waals surface area contributed by atoms with Crippen molar-refractivity contribution in [2.75, 3.05) is 24.7 Å². The summed E-state index contributed by atoms with van der Waals surface area (Å²) in [6.45, 7) is 4.20. The van der Waals surface area contributed by atoms with Gasteiger partial charge in [-0.25, -0.2) is 0 Å². The van der Waals surface area contributed by atoms with Gasteiger partial charge in [0.1, 0.15) is 0 Å². The minimum absolute atomic E-state index is 0.0458. The molecule has 3 heteroatoms. The molecular weight excluding hydrogens is 248 g/mol. The van der Waals surface area contributed by atoms with Crippen LogP contribution in [0.4, 0.5) is 11.4 Å². The molecule has 0 bridgehead atoms. The van der Waals surface area contributed by atoms with E-state index in [0.717, 1.165) is 33.6 Å². The SMILES string of the molecule is C=C1c2ccccc2C(=O)c2c(NC)ccc(NC)c21. The third-order valence-corrected chi connectivity index (χ3v) is 3.77. The van der Waals surface area contributed by atoms with Gasteiger partial charge in [-0.15, -0.1) is 0 Å². The summed E-state index contributed by atoms with van der Waals surface area (Å²) in [5, 5.41) is 6.25. The van der Waals surface area contributed by atoms with Crippen molar-refractivity contribution in [3.05, 3.63) is 65.2 Å². The zero-order valence-electron chi connectivity index (χ0n) is 11.6. The van der Waals surface area contributed by atoms with Gasteiger partial charge in [-0.3, -0.25) is 4.79 Å². The monoisotopic (exact) mass is 264 g/mol. The number of anilines is 2. The lowest BCUT2D eigenvalue weighted by Crippen LogP contribution is -2.17. The number of hydrogen-bond acceptors (Lipinski definition) is 3. The average Bonchev–Trinajstić information content (AvgIpc) is 2.51. The molecule has 2 aromatic carbocycles. The topological polar surface area (TPSA) is 41.1 Å². The summed E-state index contributed by atoms with van der Waals surface area (Å²) in [5.41, 5.74) is 5.86. The van der Waals surface area contributed by atoms with Gasteiger partial charge in [0.25, 0.3) is 0 Å². The minimum Gasteiger partial charge on any atom is -0.388 e. The predicted octanol–water partition coefficient (Wildman–Crippen LogP) is 3.38. The minimum atomic E-state index is 0.0458. The van der Waals surface area contributed by atoms with Crippen LogP contribution in [0.25, 0.3) is 5.57 Å². The van der Waals surface area contributed by atoms with Crippen molar-refractivity contribution >= 4 is 22.7 Å². The number of carbonyl (C=O) groups is 1. The highest BCUT2D eigenvalue weighted by atomic mass is 16.1. The van der Waals surface area contributed by atoms with Crippen molar-refractivity contribution < 1.29 is 4.79 Å². The maximum atomic E-state index is 12.8. The van der Waals surface area contributed by atoms with Gasteiger partial charge in [0.05, 0.1) is 5.56 Å². The summed E-state index contributed by atoms with van der Waals surface area (Å²) >= 11 is 0. The Morgan fingerprint density at radius 2 is 1.40 bits per heavy atom. The smallest absolute Gasteiger partial charge is 0.196 e. The molecule has 1 aliphatic carbocycles. The molecule has 0 radical (unpaired) electrons. The quantitative estimate of drug-likeness (QED) is 0.745. The van der Waals surface area contributed by atoms with Crippen molar-refractivity contribution in [3.8, 4) is 0 Å². The predicted molar refractivity (Wildman–Crippen MR) is 83.5 cm³/mol. The zero-order valence-corrected chi connectivity index (χ0v) is 11.6. The molecule has 2 N–H and O–H groups in total. The molecule has 0 atom stereocenters. The first-order valence-corrected chi connectivity index (χ1v) is 6.55. The number of ketones is 1. The fraction of sp³-hybridized carbons (Fsp3) is 0.118. The molecule has 0 saturated heterocycles. The van der Waals surface area contributed by atoms with E-state index < -0.39 is 0 Å². The van der Waals surface area contributed by atoms with Crippen LogP contribution < -0.4 is 10.6 Å². The number of nitrogens with one attached hydrogen (secondary N) is 2. The molecule has 2 aromatic rings. The lowest BCUT2D eigenvalue weighted by Gasteiger charge is -2.25. The Balaban J connectivity index is 2.37. The van der Waals surface area contributed by atoms with E-state index in [4.69, 9.17) is 0 Å². The van der Waals surface area contributed by atoms with Gasteiger partial charge in [0.15, 0.2) is 5.78 Å². The lowest BCUT2D eigenvalue weighted by molar-refractivity contribution is 0.103. The Morgan fingerprint density at radius 1 is 0.850 bits per heavy atom. The maximum absolute atomic E-state index is 12.8. The van der Waals surface area contributed by atoms with Crippen molar-refractivity contribution in [2.24, 2.45) is 0 Å². The van der Waals surface area contributed by atoms with Crippen LogP contribution in [0.3, 0.4) is 0 Å². The number of rotatable bonds is 2. The number of benzene rings is 2. The summed E-state index contributed by atoms with van der Waals surface area (Å²) in [6.07, 6.45) is 0. The normalized spacial score (nSPS) is 12.7. The van der Waals surface area contributed by atoms with Crippen LogP contribution in [-0.2, 0) is 0 Å². The third kappa shape index (κ3) is 1.56. The van der Waals surface area contributed by atoms with E-state index >= 15 is 0 Å². The summed E-state index contributed by atoms with van der Waals surface area (Å²) in [5.74, 6) is 0.0458. The molecule has 0 aliphatic heterocycles. The number of carbonyl (C=O) groups excluding carboxylic acids is 1. The fourth-order valence-electron chi connectivity index (χ4n) is 2.78. The summed E-state index contributed by atoms with van der Waals surface area (Å²) in [4.78, 5) is 12.8. The van der Waals surface area contributed by atoms with Crippen molar-refractivity contribution in [1.82, 2.24) is 0 Å². The number of fused-ring (bicyclic) bond motifs is 2. The first kappa shape index (κ1) is 12.5. The number of hydrogen-bond donors (Lipinski definition) is 2. The second kappa shape index (κ2) is 4.53. The largest absolute Gasteiger partial charge is 0.388 e. The van der Waals surface area contributed by atoms with Crippen molar-refractivity contribution in [3.63, 3.8) is 0 Å². The zero-order chi connectivity index (χ0) is 14.3. The van der Waals surface area contributed by atoms with Gasteiger partial charge in [-0.1, -0.05) is 30.8 Å². The molecule has 0 heterocycles. The lowest BCUT2D eigenvalue weighted by atomic mass is 9.80. The second-order valence-electron chi connectivity index (χ2n) is 4.76. The Kier molecular flexibility index (Phi) is 2.83. The van der Waals surface area contributed by atoms with Gasteiger partial charge in [0.2, 0.25) is 0 Å². The van der Waals surface area contributed by atoms with E-state index in [1.54, 1.807) is 0 Å². The Bertz CT molecular complexity index is 670. The summed E-state index contributed by atoms with van der Waals surface area (Å²) < 4.78 is 0. The van der Waals surface area contributed by atoms with Crippen LogP contribution in [0.2, 0.25) is 0 Å². The van der Waals surface area contributed by atoms with E-state index in [9.17, 15) is 4.79 Å². The van der Waals surface area contributed by atoms with Crippen LogP contribution in [0, 0.1) is 0 Å². The van der Waals surface area contributed by atoms with Crippen molar-refractivity contribution in [1.29, 1.82) is 0 Å². The first-order chi connectivity index (χ1) is 9.69. The highest BCUT2D eigenvalue weighted by molar-refractivity contribution is 6.22. The van der Waals surface area contributed by atoms with E-state index in [1.807, 2.05) is 50.5 Å². The molecule has 0 aromatic heterocycles. The van der Waals surface area contributed by atoms with Crippen LogP contribution in [0.5, 0.6) is 0 Å². The molecule has 1 aliphatic rings. The third-order valence-electron chi connectivity index (χ3n) is 3.77. The van der Waals surface area contributed by atoms with Gasteiger partial charge in [-0.05, 0) is 23.3 Å². The standard InChI is InChI=1S/C17H16N2O/c1-10-11-6-4-5-7-12(11)17(20)16-14(19-3)9-8-13(18-2)15(10)16/h4-9,18-19H,1H2,2-3H3. The highest BCUT2D eigenvalue weighted by Gasteiger charge is 2.29. The Hall–Kier alpha value is -2.55. The van der Waals surface area contributed by atoms with E-state index in [-0.39, 0.29) is 5.78 Å². The Morgan fingerprint density at radius 3 is 2.00 bits per heavy atom. The molecule has 0 amide bonds. The van der Waals surface area contributed by atoms with Crippen molar-refractivity contribution in [2.45, 2.75) is 0 Å². The molecule has 20 heavy (non-hydrogen) atoms. The van der Waals surface area contributed by atoms with Gasteiger partial charge in [0, 0.05) is 36.6 Å². The van der Waals surface area contributed by atoms with Gasteiger partial charge >= 0.3 is 0 Å². The molecule has 3 rings (SSSR count). The molecule has 0 fully saturated rings. The average molecular weight is 264 g/mol. The van der Waals surface area contributed by atoms with Crippen LogP contribution >= 0.6 is 0 Å². The molecule has 100 valence electrons. The van der Waals surface area contributed by atoms with E-state index in [1.165, 1.54) is 0 Å². The molecule has 0 unspecified atom stereocenters. The van der Waals surface area contributed by atoms with Crippen LogP contribution in [-0.4, -0.2) is 19.9 Å². The summed E-state index contributed by atoms with van der Waals surface area (Å²) in [7, 11) is 3.68.